The maximum absolute atomic E-state index is 12.7. The number of ether oxygens (including phenoxy) is 1. The number of nitrogens with zero attached hydrogens (tertiary/aromatic N) is 1. The largest absolute Gasteiger partial charge is 0.495 e. The van der Waals surface area contributed by atoms with Gasteiger partial charge in [0.25, 0.3) is 5.91 Å². The van der Waals surface area contributed by atoms with E-state index in [1.807, 2.05) is 0 Å². The van der Waals surface area contributed by atoms with E-state index in [-0.39, 0.29) is 41.0 Å². The first-order valence-corrected chi connectivity index (χ1v) is 9.43. The van der Waals surface area contributed by atoms with Crippen LogP contribution in [0.4, 0.5) is 0 Å². The van der Waals surface area contributed by atoms with Gasteiger partial charge in [-0.1, -0.05) is 0 Å². The van der Waals surface area contributed by atoms with Crippen LogP contribution in [0.25, 0.3) is 0 Å². The van der Waals surface area contributed by atoms with E-state index in [1.165, 1.54) is 19.2 Å². The van der Waals surface area contributed by atoms with E-state index in [2.05, 4.69) is 10.0 Å². The monoisotopic (exact) mass is 391 g/mol. The Bertz CT molecular complexity index is 703. The highest BCUT2D eigenvalue weighted by Crippen LogP contribution is 2.26. The highest BCUT2D eigenvalue weighted by molar-refractivity contribution is 7.89. The van der Waals surface area contributed by atoms with Gasteiger partial charge in [0, 0.05) is 31.2 Å². The first kappa shape index (κ1) is 21.7. The lowest BCUT2D eigenvalue weighted by Crippen LogP contribution is -2.38. The van der Waals surface area contributed by atoms with Crippen molar-refractivity contribution in [2.75, 3.05) is 27.2 Å². The van der Waals surface area contributed by atoms with E-state index >= 15 is 0 Å². The Hall–Kier alpha value is -1.35. The van der Waals surface area contributed by atoms with Gasteiger partial charge in [0.05, 0.1) is 7.11 Å². The van der Waals surface area contributed by atoms with Crippen LogP contribution in [-0.2, 0) is 10.0 Å². The van der Waals surface area contributed by atoms with Crippen molar-refractivity contribution in [1.82, 2.24) is 14.9 Å². The molecule has 1 aromatic carbocycles. The molecule has 0 bridgehead atoms. The van der Waals surface area contributed by atoms with Gasteiger partial charge >= 0.3 is 0 Å². The summed E-state index contributed by atoms with van der Waals surface area (Å²) in [6.07, 6.45) is 0.887. The van der Waals surface area contributed by atoms with Crippen molar-refractivity contribution in [2.24, 2.45) is 0 Å². The summed E-state index contributed by atoms with van der Waals surface area (Å²) in [6.45, 7) is 5.10. The second-order valence-electron chi connectivity index (χ2n) is 6.20. The molecular weight excluding hydrogens is 366 g/mol. The maximum atomic E-state index is 12.7. The molecule has 2 rings (SSSR count). The Labute approximate surface area is 155 Å². The fraction of sp³-hybridized carbons (Fsp3) is 0.562. The van der Waals surface area contributed by atoms with Crippen molar-refractivity contribution in [3.63, 3.8) is 0 Å². The minimum Gasteiger partial charge on any atom is -0.495 e. The van der Waals surface area contributed by atoms with Crippen LogP contribution in [0.15, 0.2) is 23.1 Å². The predicted molar refractivity (Wildman–Crippen MR) is 99.1 cm³/mol. The van der Waals surface area contributed by atoms with Crippen molar-refractivity contribution >= 4 is 28.3 Å². The lowest BCUT2D eigenvalue weighted by molar-refractivity contribution is 0.0743. The minimum absolute atomic E-state index is 0. The van der Waals surface area contributed by atoms with Gasteiger partial charge in [-0.05, 0) is 45.0 Å². The predicted octanol–water partition coefficient (Wildman–Crippen LogP) is 1.24. The van der Waals surface area contributed by atoms with Crippen LogP contribution in [0.2, 0.25) is 0 Å². The molecule has 0 aliphatic carbocycles. The number of hydrogen-bond donors (Lipinski definition) is 2. The number of methoxy groups -OCH3 is 1. The molecule has 0 spiro atoms. The average molecular weight is 392 g/mol. The van der Waals surface area contributed by atoms with Crippen LogP contribution in [0.3, 0.4) is 0 Å². The molecule has 1 aromatic rings. The first-order valence-electron chi connectivity index (χ1n) is 7.94. The number of rotatable bonds is 6. The van der Waals surface area contributed by atoms with Gasteiger partial charge < -0.3 is 15.0 Å². The molecule has 1 aliphatic heterocycles. The van der Waals surface area contributed by atoms with Crippen LogP contribution < -0.4 is 14.8 Å². The van der Waals surface area contributed by atoms with Crippen LogP contribution in [0.5, 0.6) is 5.75 Å². The summed E-state index contributed by atoms with van der Waals surface area (Å²) < 4.78 is 32.7. The Morgan fingerprint density at radius 1 is 1.40 bits per heavy atom. The number of benzene rings is 1. The Balaban J connectivity index is 0.00000312. The number of likely N-dealkylation sites (N-methyl/N-ethyl adjacent to an activating group) is 1. The second kappa shape index (κ2) is 8.84. The summed E-state index contributed by atoms with van der Waals surface area (Å²) in [7, 11) is -0.616. The van der Waals surface area contributed by atoms with Crippen LogP contribution in [0.1, 0.15) is 30.6 Å². The number of carbonyl (C=O) groups is 1. The molecule has 1 fully saturated rings. The first-order chi connectivity index (χ1) is 11.3. The molecule has 1 heterocycles. The topological polar surface area (TPSA) is 87.7 Å². The zero-order valence-corrected chi connectivity index (χ0v) is 16.5. The molecule has 0 radical (unpaired) electrons. The maximum Gasteiger partial charge on any atom is 0.253 e. The standard InChI is InChI=1S/C16H25N3O4S.ClH/c1-11(2)18-24(21,22)15-9-12(5-6-14(15)23-4)16(20)19(3)13-7-8-17-10-13;/h5-6,9,11,13,17-18H,7-8,10H2,1-4H3;1H. The molecule has 9 heteroatoms. The number of amides is 1. The van der Waals surface area contributed by atoms with Crippen LogP contribution in [-0.4, -0.2) is 58.6 Å². The molecular formula is C16H26ClN3O4S. The van der Waals surface area contributed by atoms with E-state index in [9.17, 15) is 13.2 Å². The smallest absolute Gasteiger partial charge is 0.253 e. The summed E-state index contributed by atoms with van der Waals surface area (Å²) in [4.78, 5) is 14.3. The Morgan fingerprint density at radius 3 is 2.60 bits per heavy atom. The average Bonchev–Trinajstić information content (AvgIpc) is 3.06. The van der Waals surface area contributed by atoms with Crippen molar-refractivity contribution in [1.29, 1.82) is 0 Å². The molecule has 1 atom stereocenters. The molecule has 1 unspecified atom stereocenters. The summed E-state index contributed by atoms with van der Waals surface area (Å²) in [5.41, 5.74) is 0.328. The number of hydrogen-bond acceptors (Lipinski definition) is 5. The Kier molecular flexibility index (Phi) is 7.67. The number of nitrogens with one attached hydrogen (secondary N) is 2. The molecule has 1 amide bonds. The lowest BCUT2D eigenvalue weighted by Gasteiger charge is -2.24. The van der Waals surface area contributed by atoms with Crippen molar-refractivity contribution in [2.45, 2.75) is 37.2 Å². The van der Waals surface area contributed by atoms with Crippen molar-refractivity contribution in [3.05, 3.63) is 23.8 Å². The van der Waals surface area contributed by atoms with E-state index in [0.29, 0.717) is 5.56 Å². The molecule has 0 saturated carbocycles. The third-order valence-corrected chi connectivity index (χ3v) is 5.67. The molecule has 1 saturated heterocycles. The molecule has 2 N–H and O–H groups in total. The fourth-order valence-electron chi connectivity index (χ4n) is 2.73. The van der Waals surface area contributed by atoms with Gasteiger partial charge in [-0.2, -0.15) is 0 Å². The minimum atomic E-state index is -3.76. The van der Waals surface area contributed by atoms with Gasteiger partial charge in [-0.25, -0.2) is 13.1 Å². The van der Waals surface area contributed by atoms with Gasteiger partial charge in [0.2, 0.25) is 10.0 Å². The van der Waals surface area contributed by atoms with E-state index in [0.717, 1.165) is 19.5 Å². The lowest BCUT2D eigenvalue weighted by atomic mass is 10.1. The molecule has 1 aliphatic rings. The number of halogens is 1. The third kappa shape index (κ3) is 5.07. The van der Waals surface area contributed by atoms with Crippen molar-refractivity contribution < 1.29 is 17.9 Å². The third-order valence-electron chi connectivity index (χ3n) is 3.99. The SMILES string of the molecule is COc1ccc(C(=O)N(C)C2CCNC2)cc1S(=O)(=O)NC(C)C.Cl. The zero-order chi connectivity index (χ0) is 17.9. The summed E-state index contributed by atoms with van der Waals surface area (Å²) in [5, 5.41) is 3.22. The van der Waals surface area contributed by atoms with E-state index in [1.54, 1.807) is 31.9 Å². The summed E-state index contributed by atoms with van der Waals surface area (Å²) >= 11 is 0. The van der Waals surface area contributed by atoms with Gasteiger partial charge in [0.1, 0.15) is 10.6 Å². The zero-order valence-electron chi connectivity index (χ0n) is 14.9. The normalized spacial score (nSPS) is 17.2. The summed E-state index contributed by atoms with van der Waals surface area (Å²) in [5.74, 6) is 0.0113. The molecule has 0 aromatic heterocycles. The van der Waals surface area contributed by atoms with Gasteiger partial charge in [-0.3, -0.25) is 4.79 Å². The highest BCUT2D eigenvalue weighted by atomic mass is 35.5. The van der Waals surface area contributed by atoms with Crippen molar-refractivity contribution in [3.8, 4) is 5.75 Å². The summed E-state index contributed by atoms with van der Waals surface area (Å²) in [6, 6.07) is 4.35. The van der Waals surface area contributed by atoms with Gasteiger partial charge in [-0.15, -0.1) is 12.4 Å². The fourth-order valence-corrected chi connectivity index (χ4v) is 4.18. The molecule has 142 valence electrons. The number of sulfonamides is 1. The van der Waals surface area contributed by atoms with E-state index in [4.69, 9.17) is 4.74 Å². The van der Waals surface area contributed by atoms with Gasteiger partial charge in [0.15, 0.2) is 0 Å². The van der Waals surface area contributed by atoms with Crippen LogP contribution in [0, 0.1) is 0 Å². The Morgan fingerprint density at radius 2 is 2.08 bits per heavy atom. The van der Waals surface area contributed by atoms with Crippen LogP contribution >= 0.6 is 12.4 Å². The molecule has 7 nitrogen and oxygen atoms in total. The molecule has 25 heavy (non-hydrogen) atoms. The number of carbonyl (C=O) groups excluding carboxylic acids is 1. The highest BCUT2D eigenvalue weighted by Gasteiger charge is 2.27. The second-order valence-corrected chi connectivity index (χ2v) is 7.89. The van der Waals surface area contributed by atoms with E-state index < -0.39 is 10.0 Å². The quantitative estimate of drug-likeness (QED) is 0.761.